The predicted molar refractivity (Wildman–Crippen MR) is 98.5 cm³/mol. The number of benzene rings is 1. The lowest BCUT2D eigenvalue weighted by atomic mass is 9.99. The van der Waals surface area contributed by atoms with E-state index < -0.39 is 0 Å². The first-order valence-electron chi connectivity index (χ1n) is 7.04. The van der Waals surface area contributed by atoms with Gasteiger partial charge in [-0.2, -0.15) is 4.98 Å². The molecule has 0 saturated heterocycles. The minimum atomic E-state index is 0. The Kier molecular flexibility index (Phi) is 7.30. The Hall–Kier alpha value is -1.64. The summed E-state index contributed by atoms with van der Waals surface area (Å²) in [5, 5.41) is 6.74. The zero-order valence-corrected chi connectivity index (χ0v) is 15.4. The molecule has 0 spiro atoms. The molecule has 0 bridgehead atoms. The van der Waals surface area contributed by atoms with E-state index in [1.165, 1.54) is 5.56 Å². The molecule has 2 rings (SSSR count). The van der Waals surface area contributed by atoms with E-state index in [2.05, 4.69) is 46.4 Å². The van der Waals surface area contributed by atoms with Crippen LogP contribution in [0.4, 0.5) is 5.69 Å². The van der Waals surface area contributed by atoms with Gasteiger partial charge in [0.05, 0.1) is 0 Å². The third kappa shape index (κ3) is 5.28. The van der Waals surface area contributed by atoms with Gasteiger partial charge in [0.25, 0.3) is 0 Å². The highest BCUT2D eigenvalue weighted by atomic mass is 127. The van der Waals surface area contributed by atoms with E-state index in [0.29, 0.717) is 23.6 Å². The van der Waals surface area contributed by atoms with E-state index >= 15 is 0 Å². The van der Waals surface area contributed by atoms with Crippen molar-refractivity contribution in [1.82, 2.24) is 10.1 Å². The van der Waals surface area contributed by atoms with Crippen molar-refractivity contribution in [1.29, 1.82) is 0 Å². The highest BCUT2D eigenvalue weighted by Crippen LogP contribution is 2.20. The van der Waals surface area contributed by atoms with Crippen LogP contribution in [-0.4, -0.2) is 16.1 Å². The number of anilines is 1. The number of nitrogens with one attached hydrogen (secondary N) is 1. The fraction of sp³-hybridized carbons (Fsp3) is 0.400. The topological polar surface area (TPSA) is 89.3 Å². The number of aryl methyl sites for hydroxylation is 1. The summed E-state index contributed by atoms with van der Waals surface area (Å²) in [5.74, 6) is 1.92. The first kappa shape index (κ1) is 18.4. The van der Waals surface area contributed by atoms with Crippen LogP contribution in [0, 0.1) is 6.92 Å². The second-order valence-electron chi connectivity index (χ2n) is 4.99. The number of guanidine groups is 1. The summed E-state index contributed by atoms with van der Waals surface area (Å²) in [6, 6.07) is 8.21. The molecule has 0 aliphatic heterocycles. The smallest absolute Gasteiger partial charge is 0.248 e. The van der Waals surface area contributed by atoms with Crippen LogP contribution < -0.4 is 11.1 Å². The van der Waals surface area contributed by atoms with Gasteiger partial charge in [-0.3, -0.25) is 0 Å². The van der Waals surface area contributed by atoms with Crippen LogP contribution in [-0.2, 0) is 6.54 Å². The van der Waals surface area contributed by atoms with Crippen molar-refractivity contribution in [2.45, 2.75) is 39.7 Å². The number of hydrogen-bond donors (Lipinski definition) is 2. The molecule has 1 aromatic heterocycles. The molecule has 7 heteroatoms. The van der Waals surface area contributed by atoms with Crippen molar-refractivity contribution in [3.63, 3.8) is 0 Å². The van der Waals surface area contributed by atoms with Crippen molar-refractivity contribution >= 4 is 35.6 Å². The minimum Gasteiger partial charge on any atom is -0.370 e. The molecule has 1 heterocycles. The summed E-state index contributed by atoms with van der Waals surface area (Å²) in [4.78, 5) is 8.23. The van der Waals surface area contributed by atoms with Gasteiger partial charge in [0.1, 0.15) is 6.54 Å². The Morgan fingerprint density at radius 2 is 2.05 bits per heavy atom. The third-order valence-electron chi connectivity index (χ3n) is 3.32. The summed E-state index contributed by atoms with van der Waals surface area (Å²) < 4.78 is 4.97. The maximum Gasteiger partial charge on any atom is 0.248 e. The van der Waals surface area contributed by atoms with Crippen LogP contribution >= 0.6 is 24.0 Å². The first-order chi connectivity index (χ1) is 10.1. The molecule has 0 amide bonds. The van der Waals surface area contributed by atoms with Gasteiger partial charge in [0, 0.05) is 5.69 Å². The maximum absolute atomic E-state index is 5.83. The van der Waals surface area contributed by atoms with Gasteiger partial charge < -0.3 is 15.6 Å². The largest absolute Gasteiger partial charge is 0.370 e. The van der Waals surface area contributed by atoms with Gasteiger partial charge in [0.15, 0.2) is 11.8 Å². The molecule has 0 radical (unpaired) electrons. The second-order valence-corrected chi connectivity index (χ2v) is 4.99. The number of aromatic nitrogens is 2. The van der Waals surface area contributed by atoms with Crippen molar-refractivity contribution in [2.24, 2.45) is 10.7 Å². The van der Waals surface area contributed by atoms with Crippen molar-refractivity contribution in [3.05, 3.63) is 41.5 Å². The first-order valence-corrected chi connectivity index (χ1v) is 7.04. The Bertz CT molecular complexity index is 609. The molecule has 3 N–H and O–H groups in total. The lowest BCUT2D eigenvalue weighted by molar-refractivity contribution is 0.376. The maximum atomic E-state index is 5.83. The molecular formula is C15H22IN5O. The van der Waals surface area contributed by atoms with Crippen LogP contribution in [0.15, 0.2) is 33.8 Å². The van der Waals surface area contributed by atoms with Crippen LogP contribution in [0.25, 0.3) is 0 Å². The number of nitrogens with two attached hydrogens (primary N) is 1. The highest BCUT2D eigenvalue weighted by molar-refractivity contribution is 14.0. The van der Waals surface area contributed by atoms with Gasteiger partial charge >= 0.3 is 0 Å². The molecule has 6 nitrogen and oxygen atoms in total. The average Bonchev–Trinajstić information content (AvgIpc) is 2.91. The Morgan fingerprint density at radius 3 is 2.59 bits per heavy atom. The Labute approximate surface area is 147 Å². The zero-order chi connectivity index (χ0) is 15.2. The number of rotatable bonds is 5. The molecule has 0 fully saturated rings. The Balaban J connectivity index is 0.00000242. The van der Waals surface area contributed by atoms with Crippen LogP contribution in [0.3, 0.4) is 0 Å². The third-order valence-corrected chi connectivity index (χ3v) is 3.32. The van der Waals surface area contributed by atoms with Gasteiger partial charge in [-0.25, -0.2) is 4.99 Å². The minimum absolute atomic E-state index is 0. The number of halogens is 1. The molecule has 1 aromatic carbocycles. The lowest BCUT2D eigenvalue weighted by Gasteiger charge is -2.10. The standard InChI is InChI=1S/C15H21N5O.HI/c1-4-10(2)12-5-7-13(8-6-12)19-15(16)17-9-14-18-11(3)20-21-14;/h5-8,10H,4,9H2,1-3H3,(H3,16,17,19);1H. The quantitative estimate of drug-likeness (QED) is 0.444. The summed E-state index contributed by atoms with van der Waals surface area (Å²) in [6.07, 6.45) is 1.12. The molecule has 1 atom stereocenters. The fourth-order valence-electron chi connectivity index (χ4n) is 1.88. The number of nitrogens with zero attached hydrogens (tertiary/aromatic N) is 3. The molecule has 22 heavy (non-hydrogen) atoms. The van der Waals surface area contributed by atoms with Crippen LogP contribution in [0.1, 0.15) is 43.5 Å². The molecule has 0 aliphatic rings. The lowest BCUT2D eigenvalue weighted by Crippen LogP contribution is -2.22. The van der Waals surface area contributed by atoms with Gasteiger partial charge in [-0.1, -0.05) is 31.1 Å². The van der Waals surface area contributed by atoms with Crippen molar-refractivity contribution in [2.75, 3.05) is 5.32 Å². The van der Waals surface area contributed by atoms with E-state index in [4.69, 9.17) is 10.3 Å². The van der Waals surface area contributed by atoms with Gasteiger partial charge in [-0.05, 0) is 37.0 Å². The SMILES string of the molecule is CCC(C)c1ccc(NC(N)=NCc2nc(C)no2)cc1.I. The van der Waals surface area contributed by atoms with E-state index in [1.54, 1.807) is 6.92 Å². The van der Waals surface area contributed by atoms with Gasteiger partial charge in [-0.15, -0.1) is 24.0 Å². The zero-order valence-electron chi connectivity index (χ0n) is 13.0. The average molecular weight is 415 g/mol. The molecular weight excluding hydrogens is 393 g/mol. The van der Waals surface area contributed by atoms with Gasteiger partial charge in [0.2, 0.25) is 5.89 Å². The Morgan fingerprint density at radius 1 is 1.36 bits per heavy atom. The molecule has 120 valence electrons. The number of hydrogen-bond acceptors (Lipinski definition) is 4. The summed E-state index contributed by atoms with van der Waals surface area (Å²) in [5.41, 5.74) is 8.06. The predicted octanol–water partition coefficient (Wildman–Crippen LogP) is 3.44. The fourth-order valence-corrected chi connectivity index (χ4v) is 1.88. The van der Waals surface area contributed by atoms with Crippen LogP contribution in [0.2, 0.25) is 0 Å². The monoisotopic (exact) mass is 415 g/mol. The van der Waals surface area contributed by atoms with E-state index in [-0.39, 0.29) is 30.5 Å². The summed E-state index contributed by atoms with van der Waals surface area (Å²) in [7, 11) is 0. The molecule has 0 saturated carbocycles. The van der Waals surface area contributed by atoms with Crippen molar-refractivity contribution in [3.8, 4) is 0 Å². The second kappa shape index (κ2) is 8.72. The van der Waals surface area contributed by atoms with Crippen molar-refractivity contribution < 1.29 is 4.52 Å². The summed E-state index contributed by atoms with van der Waals surface area (Å²) >= 11 is 0. The molecule has 1 unspecified atom stereocenters. The molecule has 2 aromatic rings. The summed E-state index contributed by atoms with van der Waals surface area (Å²) in [6.45, 7) is 6.42. The molecule has 0 aliphatic carbocycles. The number of aliphatic imine (C=N–C) groups is 1. The van der Waals surface area contributed by atoms with Crippen LogP contribution in [0.5, 0.6) is 0 Å². The normalized spacial score (nSPS) is 12.6. The van der Waals surface area contributed by atoms with E-state index in [0.717, 1.165) is 12.1 Å². The highest BCUT2D eigenvalue weighted by Gasteiger charge is 2.04. The van der Waals surface area contributed by atoms with E-state index in [9.17, 15) is 0 Å². The van der Waals surface area contributed by atoms with E-state index in [1.807, 2.05) is 12.1 Å².